The van der Waals surface area contributed by atoms with Gasteiger partial charge in [-0.1, -0.05) is 55.5 Å². The van der Waals surface area contributed by atoms with Crippen molar-refractivity contribution >= 4 is 37.4 Å². The molecular formula is C35H41N3O6Si. The Bertz CT molecular complexity index is 1580. The van der Waals surface area contributed by atoms with Crippen LogP contribution >= 0.6 is 0 Å². The van der Waals surface area contributed by atoms with E-state index in [-0.39, 0.29) is 36.8 Å². The summed E-state index contributed by atoms with van der Waals surface area (Å²) in [5.41, 5.74) is 1.40. The third kappa shape index (κ3) is 5.61. The third-order valence-corrected chi connectivity index (χ3v) is 12.2. The highest BCUT2D eigenvalue weighted by molar-refractivity contribution is 6.71. The average molecular weight is 628 g/mol. The van der Waals surface area contributed by atoms with Crippen molar-refractivity contribution in [3.63, 3.8) is 0 Å². The summed E-state index contributed by atoms with van der Waals surface area (Å²) in [7, 11) is -2.99. The van der Waals surface area contributed by atoms with Gasteiger partial charge < -0.3 is 29.8 Å². The second-order valence-corrected chi connectivity index (χ2v) is 17.0. The number of fused-ring (bicyclic) bond motifs is 2. The zero-order valence-electron chi connectivity index (χ0n) is 26.0. The number of rotatable bonds is 8. The maximum absolute atomic E-state index is 14.7. The topological polar surface area (TPSA) is 119 Å². The fourth-order valence-electron chi connectivity index (χ4n) is 7.71. The normalized spacial score (nSPS) is 26.0. The number of aliphatic hydroxyl groups is 1. The molecule has 0 aromatic heterocycles. The van der Waals surface area contributed by atoms with E-state index in [1.54, 1.807) is 40.1 Å². The number of aliphatic hydroxyl groups excluding tert-OH is 1. The average Bonchev–Trinajstić information content (AvgIpc) is 3.68. The van der Waals surface area contributed by atoms with Crippen molar-refractivity contribution in [1.82, 2.24) is 4.90 Å². The van der Waals surface area contributed by atoms with Crippen LogP contribution in [0.2, 0.25) is 18.6 Å². The highest BCUT2D eigenvalue weighted by Gasteiger charge is 2.66. The second-order valence-electron chi connectivity index (χ2n) is 13.1. The van der Waals surface area contributed by atoms with Crippen molar-refractivity contribution < 1.29 is 29.0 Å². The molecule has 0 unspecified atom stereocenters. The van der Waals surface area contributed by atoms with Gasteiger partial charge in [0.15, 0.2) is 13.9 Å². The monoisotopic (exact) mass is 627 g/mol. The van der Waals surface area contributed by atoms with Crippen molar-refractivity contribution in [3.8, 4) is 0 Å². The summed E-state index contributed by atoms with van der Waals surface area (Å²) in [6, 6.07) is 23.8. The van der Waals surface area contributed by atoms with Crippen LogP contribution in [0.25, 0.3) is 0 Å². The lowest BCUT2D eigenvalue weighted by atomic mass is 9.82. The van der Waals surface area contributed by atoms with Gasteiger partial charge >= 0.3 is 0 Å². The maximum atomic E-state index is 14.7. The predicted molar refractivity (Wildman–Crippen MR) is 174 cm³/mol. The molecule has 2 fully saturated rings. The molecule has 0 aliphatic carbocycles. The molecule has 236 valence electrons. The largest absolute Gasteiger partial charge is 0.432 e. The van der Waals surface area contributed by atoms with Crippen LogP contribution in [0.3, 0.4) is 0 Å². The minimum atomic E-state index is -2.99. The molecule has 9 nitrogen and oxygen atoms in total. The lowest BCUT2D eigenvalue weighted by Crippen LogP contribution is -2.46. The molecule has 0 radical (unpaired) electrons. The van der Waals surface area contributed by atoms with E-state index in [9.17, 15) is 24.3 Å². The summed E-state index contributed by atoms with van der Waals surface area (Å²) in [4.78, 5) is 56.5. The zero-order chi connectivity index (χ0) is 31.9. The lowest BCUT2D eigenvalue weighted by molar-refractivity contribution is -0.150. The molecule has 3 aromatic rings. The summed E-state index contributed by atoms with van der Waals surface area (Å²) in [5, 5.41) is 12.8. The Kier molecular flexibility index (Phi) is 8.42. The van der Waals surface area contributed by atoms with Crippen LogP contribution in [-0.2, 0) is 26.5 Å². The number of likely N-dealkylation sites (tertiary alicyclic amines) is 1. The Morgan fingerprint density at radius 3 is 2.40 bits per heavy atom. The van der Waals surface area contributed by atoms with Gasteiger partial charge in [-0.3, -0.25) is 14.4 Å². The summed E-state index contributed by atoms with van der Waals surface area (Å²) in [6.45, 7) is 6.39. The number of nitrogens with zero attached hydrogens (tertiary/aromatic N) is 2. The molecule has 3 aliphatic heterocycles. The minimum absolute atomic E-state index is 0.00990. The molecule has 5 atom stereocenters. The van der Waals surface area contributed by atoms with E-state index < -0.39 is 31.5 Å². The van der Waals surface area contributed by atoms with Gasteiger partial charge in [0.25, 0.3) is 11.8 Å². The van der Waals surface area contributed by atoms with Crippen LogP contribution in [0.15, 0.2) is 78.9 Å². The van der Waals surface area contributed by atoms with E-state index in [1.165, 1.54) is 0 Å². The van der Waals surface area contributed by atoms with Crippen LogP contribution in [0, 0.1) is 5.92 Å². The predicted octanol–water partition coefficient (Wildman–Crippen LogP) is 4.66. The number of nitrogens with one attached hydrogen (secondary N) is 1. The molecule has 3 N–H and O–H groups in total. The van der Waals surface area contributed by atoms with E-state index in [2.05, 4.69) is 5.32 Å². The van der Waals surface area contributed by atoms with E-state index in [4.69, 9.17) is 4.74 Å². The van der Waals surface area contributed by atoms with Gasteiger partial charge in [-0.05, 0) is 61.8 Å². The summed E-state index contributed by atoms with van der Waals surface area (Å²) in [5.74, 6) is -1.11. The summed E-state index contributed by atoms with van der Waals surface area (Å²) < 4.78 is 6.87. The number of ether oxygens (including phenoxy) is 1. The first-order valence-electron chi connectivity index (χ1n) is 15.7. The fraction of sp³-hybridized carbons (Fsp3) is 0.400. The lowest BCUT2D eigenvalue weighted by Gasteiger charge is -2.33. The quantitative estimate of drug-likeness (QED) is 0.313. The molecule has 0 bridgehead atoms. The SMILES string of the molecule is C[C@H]1[C@H]([Si](C)(C)O)[C@@H](CC(=O)N2CCC[C@H]2CO)O[C@]12C(=O)N(Cc1ccccc1)c1ccc(NC(=O)c3ccccc3)cc12. The zero-order valence-corrected chi connectivity index (χ0v) is 27.0. The molecule has 1 spiro atoms. The van der Waals surface area contributed by atoms with Crippen LogP contribution in [-0.4, -0.2) is 66.1 Å². The van der Waals surface area contributed by atoms with E-state index >= 15 is 0 Å². The molecule has 3 aliphatic rings. The van der Waals surface area contributed by atoms with Crippen LogP contribution in [0.1, 0.15) is 47.7 Å². The van der Waals surface area contributed by atoms with Crippen LogP contribution in [0.5, 0.6) is 0 Å². The Morgan fingerprint density at radius 1 is 1.04 bits per heavy atom. The number of hydrogen-bond donors (Lipinski definition) is 3. The Morgan fingerprint density at radius 2 is 1.73 bits per heavy atom. The summed E-state index contributed by atoms with van der Waals surface area (Å²) in [6.07, 6.45) is 0.880. The molecule has 6 rings (SSSR count). The number of hydrogen-bond acceptors (Lipinski definition) is 6. The first-order valence-corrected chi connectivity index (χ1v) is 18.7. The number of anilines is 2. The van der Waals surface area contributed by atoms with Crippen molar-refractivity contribution in [3.05, 3.63) is 95.6 Å². The number of carbonyl (C=O) groups excluding carboxylic acids is 3. The smallest absolute Gasteiger partial charge is 0.264 e. The van der Waals surface area contributed by atoms with E-state index in [0.717, 1.165) is 18.4 Å². The van der Waals surface area contributed by atoms with Gasteiger partial charge in [0.2, 0.25) is 5.91 Å². The molecule has 0 saturated carbocycles. The molecule has 3 heterocycles. The number of amides is 3. The standard InChI is InChI=1S/C35H41N3O6Si/c1-23-32(45(2,3)43)30(20-31(40)37-18-10-15-27(37)22-39)44-35(23)28-19-26(36-33(41)25-13-8-5-9-14-25)16-17-29(28)38(34(35)42)21-24-11-6-4-7-12-24/h4-9,11-14,16-17,19,23,27,30,32,39,43H,10,15,18,20-22H2,1-3H3,(H,36,41)/t23-,27-,30+,32-,35+/m0/s1. The third-order valence-electron chi connectivity index (χ3n) is 9.75. The first kappa shape index (κ1) is 31.2. The van der Waals surface area contributed by atoms with Crippen LogP contribution < -0.4 is 10.2 Å². The highest BCUT2D eigenvalue weighted by Crippen LogP contribution is 2.60. The molecule has 3 aromatic carbocycles. The highest BCUT2D eigenvalue weighted by atomic mass is 28.4. The second kappa shape index (κ2) is 12.2. The van der Waals surface area contributed by atoms with Gasteiger partial charge in [0, 0.05) is 34.8 Å². The number of benzene rings is 3. The fourth-order valence-corrected chi connectivity index (χ4v) is 10.3. The Balaban J connectivity index is 1.40. The summed E-state index contributed by atoms with van der Waals surface area (Å²) >= 11 is 0. The molecule has 2 saturated heterocycles. The number of carbonyl (C=O) groups is 3. The van der Waals surface area contributed by atoms with Crippen LogP contribution in [0.4, 0.5) is 11.4 Å². The van der Waals surface area contributed by atoms with Gasteiger partial charge in [-0.2, -0.15) is 0 Å². The Hall–Kier alpha value is -3.83. The van der Waals surface area contributed by atoms with Crippen molar-refractivity contribution in [1.29, 1.82) is 0 Å². The van der Waals surface area contributed by atoms with Gasteiger partial charge in [-0.25, -0.2) is 0 Å². The van der Waals surface area contributed by atoms with Gasteiger partial charge in [0.1, 0.15) is 0 Å². The Labute approximate surface area is 264 Å². The van der Waals surface area contributed by atoms with Gasteiger partial charge in [-0.15, -0.1) is 0 Å². The van der Waals surface area contributed by atoms with E-state index in [1.807, 2.05) is 68.5 Å². The first-order chi connectivity index (χ1) is 21.5. The molecular weight excluding hydrogens is 586 g/mol. The molecule has 45 heavy (non-hydrogen) atoms. The minimum Gasteiger partial charge on any atom is -0.432 e. The maximum Gasteiger partial charge on any atom is 0.264 e. The van der Waals surface area contributed by atoms with Crippen molar-refractivity contribution in [2.45, 2.75) is 69.1 Å². The van der Waals surface area contributed by atoms with Crippen molar-refractivity contribution in [2.24, 2.45) is 5.92 Å². The van der Waals surface area contributed by atoms with Gasteiger partial charge in [0.05, 0.1) is 37.4 Å². The van der Waals surface area contributed by atoms with E-state index in [0.29, 0.717) is 35.6 Å². The van der Waals surface area contributed by atoms with Crippen molar-refractivity contribution in [2.75, 3.05) is 23.4 Å². The molecule has 3 amide bonds. The molecule has 10 heteroatoms.